The van der Waals surface area contributed by atoms with E-state index in [1.807, 2.05) is 48.5 Å². The molecule has 0 saturated heterocycles. The van der Waals surface area contributed by atoms with Gasteiger partial charge in [0.1, 0.15) is 18.5 Å². The summed E-state index contributed by atoms with van der Waals surface area (Å²) in [6, 6.07) is 19.6. The fraction of sp³-hybridized carbons (Fsp3) is 0.100. The number of hydrogen-bond acceptors (Lipinski definition) is 4. The second-order valence-corrected chi connectivity index (χ2v) is 5.43. The summed E-state index contributed by atoms with van der Waals surface area (Å²) >= 11 is 0. The van der Waals surface area contributed by atoms with Crippen molar-refractivity contribution < 1.29 is 9.13 Å². The highest BCUT2D eigenvalue weighted by atomic mass is 19.1. The zero-order valence-electron chi connectivity index (χ0n) is 13.4. The van der Waals surface area contributed by atoms with E-state index in [9.17, 15) is 4.39 Å². The molecule has 0 unspecified atom stereocenters. The van der Waals surface area contributed by atoms with E-state index in [4.69, 9.17) is 10.00 Å². The first-order chi connectivity index (χ1) is 12.2. The number of rotatable bonds is 6. The molecule has 1 N–H and O–H groups in total. The van der Waals surface area contributed by atoms with Gasteiger partial charge in [0.25, 0.3) is 0 Å². The molecule has 0 bridgehead atoms. The van der Waals surface area contributed by atoms with Gasteiger partial charge in [0.2, 0.25) is 5.88 Å². The smallest absolute Gasteiger partial charge is 0.213 e. The Morgan fingerprint density at radius 3 is 2.68 bits per heavy atom. The molecule has 0 amide bonds. The lowest BCUT2D eigenvalue weighted by Gasteiger charge is -2.10. The van der Waals surface area contributed by atoms with Gasteiger partial charge in [-0.3, -0.25) is 0 Å². The Labute approximate surface area is 145 Å². The van der Waals surface area contributed by atoms with Crippen LogP contribution in [-0.2, 0) is 13.2 Å². The Morgan fingerprint density at radius 2 is 1.88 bits per heavy atom. The van der Waals surface area contributed by atoms with E-state index in [0.717, 1.165) is 11.1 Å². The Balaban J connectivity index is 1.63. The van der Waals surface area contributed by atoms with E-state index in [0.29, 0.717) is 24.7 Å². The SMILES string of the molecule is N#Cc1cc(F)ccc1NCc1ccnc(OCc2ccccc2)c1. The van der Waals surface area contributed by atoms with E-state index in [-0.39, 0.29) is 5.56 Å². The lowest BCUT2D eigenvalue weighted by molar-refractivity contribution is 0.293. The highest BCUT2D eigenvalue weighted by Gasteiger charge is 2.05. The maximum atomic E-state index is 13.2. The van der Waals surface area contributed by atoms with Crippen molar-refractivity contribution in [2.24, 2.45) is 0 Å². The molecule has 4 nitrogen and oxygen atoms in total. The molecule has 3 aromatic rings. The molecule has 124 valence electrons. The molecule has 1 aromatic heterocycles. The van der Waals surface area contributed by atoms with E-state index in [1.165, 1.54) is 12.1 Å². The van der Waals surface area contributed by atoms with Crippen LogP contribution >= 0.6 is 0 Å². The second kappa shape index (κ2) is 7.93. The monoisotopic (exact) mass is 333 g/mol. The molecule has 1 heterocycles. The number of ether oxygens (including phenoxy) is 1. The normalized spacial score (nSPS) is 10.1. The summed E-state index contributed by atoms with van der Waals surface area (Å²) in [5.74, 6) is 0.102. The summed E-state index contributed by atoms with van der Waals surface area (Å²) in [5, 5.41) is 12.2. The van der Waals surface area contributed by atoms with E-state index >= 15 is 0 Å². The molecule has 0 aliphatic heterocycles. The lowest BCUT2D eigenvalue weighted by atomic mass is 10.2. The van der Waals surface area contributed by atoms with E-state index in [1.54, 1.807) is 12.3 Å². The summed E-state index contributed by atoms with van der Waals surface area (Å²) in [6.07, 6.45) is 1.67. The number of nitriles is 1. The highest BCUT2D eigenvalue weighted by molar-refractivity contribution is 5.57. The second-order valence-electron chi connectivity index (χ2n) is 5.43. The van der Waals surface area contributed by atoms with Crippen molar-refractivity contribution in [3.05, 3.63) is 89.4 Å². The summed E-state index contributed by atoms with van der Waals surface area (Å²) in [7, 11) is 0. The highest BCUT2D eigenvalue weighted by Crippen LogP contribution is 2.18. The number of anilines is 1. The van der Waals surface area contributed by atoms with Crippen LogP contribution in [0.3, 0.4) is 0 Å². The first-order valence-electron chi connectivity index (χ1n) is 7.80. The summed E-state index contributed by atoms with van der Waals surface area (Å²) < 4.78 is 18.9. The predicted molar refractivity (Wildman–Crippen MR) is 93.5 cm³/mol. The number of benzene rings is 2. The van der Waals surface area contributed by atoms with Crippen molar-refractivity contribution >= 4 is 5.69 Å². The largest absolute Gasteiger partial charge is 0.473 e. The van der Waals surface area contributed by atoms with Gasteiger partial charge < -0.3 is 10.1 Å². The molecule has 0 aliphatic rings. The molecule has 2 aromatic carbocycles. The Bertz CT molecular complexity index is 891. The fourth-order valence-electron chi connectivity index (χ4n) is 2.33. The van der Waals surface area contributed by atoms with Gasteiger partial charge in [-0.15, -0.1) is 0 Å². The molecule has 0 fully saturated rings. The Morgan fingerprint density at radius 1 is 1.04 bits per heavy atom. The molecule has 25 heavy (non-hydrogen) atoms. The van der Waals surface area contributed by atoms with Crippen LogP contribution in [-0.4, -0.2) is 4.98 Å². The standard InChI is InChI=1S/C20H16FN3O/c21-18-6-7-19(17(11-18)12-22)24-13-16-8-9-23-20(10-16)25-14-15-4-2-1-3-5-15/h1-11,24H,13-14H2. The zero-order chi connectivity index (χ0) is 17.5. The first kappa shape index (κ1) is 16.5. The van der Waals surface area contributed by atoms with Gasteiger partial charge in [0.05, 0.1) is 11.3 Å². The van der Waals surface area contributed by atoms with Crippen LogP contribution in [0.25, 0.3) is 0 Å². The van der Waals surface area contributed by atoms with Gasteiger partial charge in [0.15, 0.2) is 0 Å². The Kier molecular flexibility index (Phi) is 5.22. The fourth-order valence-corrected chi connectivity index (χ4v) is 2.33. The number of hydrogen-bond donors (Lipinski definition) is 1. The van der Waals surface area contributed by atoms with Crippen molar-refractivity contribution in [1.29, 1.82) is 5.26 Å². The van der Waals surface area contributed by atoms with Crippen molar-refractivity contribution in [2.45, 2.75) is 13.2 Å². The third-order valence-electron chi connectivity index (χ3n) is 3.61. The number of pyridine rings is 1. The quantitative estimate of drug-likeness (QED) is 0.731. The third kappa shape index (κ3) is 4.55. The number of nitrogens with zero attached hydrogens (tertiary/aromatic N) is 2. The predicted octanol–water partition coefficient (Wildman–Crippen LogP) is 4.28. The summed E-state index contributed by atoms with van der Waals surface area (Å²) in [4.78, 5) is 4.20. The van der Waals surface area contributed by atoms with Gasteiger partial charge in [-0.25, -0.2) is 9.37 Å². The van der Waals surface area contributed by atoms with Gasteiger partial charge in [0, 0.05) is 18.8 Å². The van der Waals surface area contributed by atoms with Crippen LogP contribution in [0.4, 0.5) is 10.1 Å². The number of nitrogens with one attached hydrogen (secondary N) is 1. The molecular weight excluding hydrogens is 317 g/mol. The average Bonchev–Trinajstić information content (AvgIpc) is 2.66. The number of aromatic nitrogens is 1. The average molecular weight is 333 g/mol. The molecule has 0 spiro atoms. The molecule has 3 rings (SSSR count). The van der Waals surface area contributed by atoms with Crippen LogP contribution in [0.2, 0.25) is 0 Å². The van der Waals surface area contributed by atoms with Gasteiger partial charge in [-0.2, -0.15) is 5.26 Å². The maximum absolute atomic E-state index is 13.2. The minimum atomic E-state index is -0.428. The van der Waals surface area contributed by atoms with Gasteiger partial charge in [-0.05, 0) is 35.4 Å². The van der Waals surface area contributed by atoms with Gasteiger partial charge >= 0.3 is 0 Å². The molecule has 5 heteroatoms. The van der Waals surface area contributed by atoms with Gasteiger partial charge in [-0.1, -0.05) is 30.3 Å². The molecule has 0 radical (unpaired) electrons. The summed E-state index contributed by atoms with van der Waals surface area (Å²) in [6.45, 7) is 0.922. The minimum absolute atomic E-state index is 0.273. The molecule has 0 atom stereocenters. The van der Waals surface area contributed by atoms with Crippen LogP contribution in [0.1, 0.15) is 16.7 Å². The third-order valence-corrected chi connectivity index (χ3v) is 3.61. The summed E-state index contributed by atoms with van der Waals surface area (Å²) in [5.41, 5.74) is 2.88. The van der Waals surface area contributed by atoms with Crippen LogP contribution in [0.5, 0.6) is 5.88 Å². The van der Waals surface area contributed by atoms with Crippen molar-refractivity contribution in [1.82, 2.24) is 4.98 Å². The Hall–Kier alpha value is -3.39. The number of halogens is 1. The molecule has 0 saturated carbocycles. The van der Waals surface area contributed by atoms with Crippen molar-refractivity contribution in [3.8, 4) is 11.9 Å². The zero-order valence-corrected chi connectivity index (χ0v) is 13.4. The van der Waals surface area contributed by atoms with Crippen LogP contribution in [0, 0.1) is 17.1 Å². The van der Waals surface area contributed by atoms with Crippen LogP contribution in [0.15, 0.2) is 66.9 Å². The lowest BCUT2D eigenvalue weighted by Crippen LogP contribution is -2.03. The first-order valence-corrected chi connectivity index (χ1v) is 7.80. The maximum Gasteiger partial charge on any atom is 0.213 e. The minimum Gasteiger partial charge on any atom is -0.473 e. The van der Waals surface area contributed by atoms with E-state index in [2.05, 4.69) is 10.3 Å². The topological polar surface area (TPSA) is 57.9 Å². The van der Waals surface area contributed by atoms with Crippen molar-refractivity contribution in [3.63, 3.8) is 0 Å². The van der Waals surface area contributed by atoms with Crippen LogP contribution < -0.4 is 10.1 Å². The molecular formula is C20H16FN3O. The van der Waals surface area contributed by atoms with Crippen molar-refractivity contribution in [2.75, 3.05) is 5.32 Å². The molecule has 0 aliphatic carbocycles. The van der Waals surface area contributed by atoms with E-state index < -0.39 is 5.82 Å².